The van der Waals surface area contributed by atoms with Crippen LogP contribution in [0.15, 0.2) is 12.3 Å². The van der Waals surface area contributed by atoms with E-state index in [9.17, 15) is 0 Å². The van der Waals surface area contributed by atoms with Crippen LogP contribution in [0.2, 0.25) is 0 Å². The molecule has 1 aliphatic carbocycles. The van der Waals surface area contributed by atoms with Gasteiger partial charge in [-0.1, -0.05) is 26.2 Å². The lowest BCUT2D eigenvalue weighted by atomic mass is 9.79. The van der Waals surface area contributed by atoms with E-state index in [4.69, 9.17) is 0 Å². The number of nitrogens with one attached hydrogen (secondary N) is 1. The second-order valence-corrected chi connectivity index (χ2v) is 6.95. The minimum absolute atomic E-state index is 0.413. The van der Waals surface area contributed by atoms with Crippen molar-refractivity contribution in [3.05, 3.63) is 18.0 Å². The average Bonchev–Trinajstić information content (AvgIpc) is 2.91. The summed E-state index contributed by atoms with van der Waals surface area (Å²) in [5, 5.41) is 8.20. The average molecular weight is 290 g/mol. The van der Waals surface area contributed by atoms with Gasteiger partial charge >= 0.3 is 0 Å². The molecule has 1 N–H and O–H groups in total. The van der Waals surface area contributed by atoms with Crippen molar-refractivity contribution < 1.29 is 0 Å². The van der Waals surface area contributed by atoms with E-state index in [1.54, 1.807) is 0 Å². The van der Waals surface area contributed by atoms with Crippen LogP contribution in [-0.2, 0) is 13.5 Å². The van der Waals surface area contributed by atoms with Crippen molar-refractivity contribution in [2.75, 3.05) is 19.6 Å². The van der Waals surface area contributed by atoms with Crippen molar-refractivity contribution in [2.24, 2.45) is 7.05 Å². The number of hydrogen-bond donors (Lipinski definition) is 1. The van der Waals surface area contributed by atoms with Gasteiger partial charge in [0.05, 0.1) is 0 Å². The third-order valence-corrected chi connectivity index (χ3v) is 5.59. The fourth-order valence-electron chi connectivity index (χ4n) is 4.17. The monoisotopic (exact) mass is 290 g/mol. The summed E-state index contributed by atoms with van der Waals surface area (Å²) < 4.78 is 2.01. The van der Waals surface area contributed by atoms with Crippen LogP contribution in [0.3, 0.4) is 0 Å². The molecular weight excluding hydrogens is 260 g/mol. The van der Waals surface area contributed by atoms with E-state index in [2.05, 4.69) is 28.3 Å². The molecule has 1 aromatic rings. The molecule has 0 bridgehead atoms. The van der Waals surface area contributed by atoms with E-state index in [1.165, 1.54) is 63.9 Å². The Morgan fingerprint density at radius 2 is 2.14 bits per heavy atom. The number of rotatable bonds is 4. The maximum atomic E-state index is 4.29. The van der Waals surface area contributed by atoms with Crippen molar-refractivity contribution in [1.29, 1.82) is 0 Å². The zero-order chi connectivity index (χ0) is 14.7. The number of hydrogen-bond acceptors (Lipinski definition) is 3. The fraction of sp³-hybridized carbons (Fsp3) is 0.824. The van der Waals surface area contributed by atoms with E-state index in [0.717, 1.165) is 6.42 Å². The molecule has 0 amide bonds. The molecule has 2 aliphatic rings. The second kappa shape index (κ2) is 6.49. The van der Waals surface area contributed by atoms with Gasteiger partial charge in [0.1, 0.15) is 0 Å². The zero-order valence-corrected chi connectivity index (χ0v) is 13.6. The molecule has 1 saturated carbocycles. The van der Waals surface area contributed by atoms with Gasteiger partial charge in [0, 0.05) is 56.6 Å². The van der Waals surface area contributed by atoms with Crippen molar-refractivity contribution in [2.45, 2.75) is 63.5 Å². The van der Waals surface area contributed by atoms with Gasteiger partial charge in [0.2, 0.25) is 0 Å². The third-order valence-electron chi connectivity index (χ3n) is 5.59. The van der Waals surface area contributed by atoms with Crippen LogP contribution in [0.5, 0.6) is 0 Å². The zero-order valence-electron chi connectivity index (χ0n) is 13.6. The van der Waals surface area contributed by atoms with Crippen LogP contribution >= 0.6 is 0 Å². The molecule has 1 aromatic heterocycles. The molecule has 2 heterocycles. The Labute approximate surface area is 128 Å². The smallest absolute Gasteiger partial charge is 0.0492 e. The van der Waals surface area contributed by atoms with Crippen molar-refractivity contribution in [3.8, 4) is 0 Å². The van der Waals surface area contributed by atoms with Crippen LogP contribution in [0, 0.1) is 0 Å². The second-order valence-electron chi connectivity index (χ2n) is 6.95. The van der Waals surface area contributed by atoms with Crippen LogP contribution < -0.4 is 5.32 Å². The highest BCUT2D eigenvalue weighted by atomic mass is 15.3. The van der Waals surface area contributed by atoms with Gasteiger partial charge in [-0.15, -0.1) is 0 Å². The Bertz CT molecular complexity index is 447. The fourth-order valence-corrected chi connectivity index (χ4v) is 4.17. The van der Waals surface area contributed by atoms with Gasteiger partial charge in [-0.3, -0.25) is 9.58 Å². The Morgan fingerprint density at radius 1 is 1.33 bits per heavy atom. The third kappa shape index (κ3) is 3.32. The Balaban J connectivity index is 1.63. The SMILES string of the molecule is CCC1CNC2(CCCCC2)CN1CCc1ccnn1C. The summed E-state index contributed by atoms with van der Waals surface area (Å²) >= 11 is 0. The predicted octanol–water partition coefficient (Wildman–Crippen LogP) is 2.35. The number of nitrogens with zero attached hydrogens (tertiary/aromatic N) is 3. The Hall–Kier alpha value is -0.870. The maximum absolute atomic E-state index is 4.29. The molecular formula is C17H30N4. The van der Waals surface area contributed by atoms with Gasteiger partial charge < -0.3 is 5.32 Å². The molecule has 0 radical (unpaired) electrons. The van der Waals surface area contributed by atoms with E-state index < -0.39 is 0 Å². The minimum atomic E-state index is 0.413. The lowest BCUT2D eigenvalue weighted by molar-refractivity contribution is 0.0546. The van der Waals surface area contributed by atoms with Crippen LogP contribution in [0.1, 0.15) is 51.1 Å². The number of piperazine rings is 1. The summed E-state index contributed by atoms with van der Waals surface area (Å²) in [6.45, 7) is 5.90. The van der Waals surface area contributed by atoms with Crippen molar-refractivity contribution >= 4 is 0 Å². The summed E-state index contributed by atoms with van der Waals surface area (Å²) in [5.74, 6) is 0. The summed E-state index contributed by atoms with van der Waals surface area (Å²) in [4.78, 5) is 2.74. The van der Waals surface area contributed by atoms with Crippen LogP contribution in [0.25, 0.3) is 0 Å². The quantitative estimate of drug-likeness (QED) is 0.924. The topological polar surface area (TPSA) is 33.1 Å². The van der Waals surface area contributed by atoms with Gasteiger partial charge in [0.15, 0.2) is 0 Å². The normalized spacial score (nSPS) is 26.3. The van der Waals surface area contributed by atoms with E-state index >= 15 is 0 Å². The van der Waals surface area contributed by atoms with E-state index in [1.807, 2.05) is 17.9 Å². The largest absolute Gasteiger partial charge is 0.308 e. The standard InChI is InChI=1S/C17H30N4/c1-3-15-13-18-17(9-5-4-6-10-17)14-21(15)12-8-16-7-11-19-20(16)2/h7,11,15,18H,3-6,8-10,12-14H2,1-2H3. The molecule has 1 aliphatic heterocycles. The van der Waals surface area contributed by atoms with Gasteiger partial charge in [-0.05, 0) is 25.3 Å². The molecule has 1 unspecified atom stereocenters. The molecule has 1 atom stereocenters. The number of aryl methyl sites for hydroxylation is 1. The van der Waals surface area contributed by atoms with E-state index in [-0.39, 0.29) is 0 Å². The molecule has 118 valence electrons. The Morgan fingerprint density at radius 3 is 2.81 bits per heavy atom. The van der Waals surface area contributed by atoms with E-state index in [0.29, 0.717) is 11.6 Å². The summed E-state index contributed by atoms with van der Waals surface area (Å²) in [6.07, 6.45) is 11.2. The van der Waals surface area contributed by atoms with Crippen molar-refractivity contribution in [3.63, 3.8) is 0 Å². The highest BCUT2D eigenvalue weighted by molar-refractivity contribution is 5.03. The highest BCUT2D eigenvalue weighted by Crippen LogP contribution is 2.32. The van der Waals surface area contributed by atoms with Crippen molar-refractivity contribution in [1.82, 2.24) is 20.0 Å². The van der Waals surface area contributed by atoms with Gasteiger partial charge in [-0.2, -0.15) is 5.10 Å². The van der Waals surface area contributed by atoms with Gasteiger partial charge in [-0.25, -0.2) is 0 Å². The molecule has 21 heavy (non-hydrogen) atoms. The lowest BCUT2D eigenvalue weighted by Gasteiger charge is -2.49. The molecule has 1 spiro atoms. The summed E-state index contributed by atoms with van der Waals surface area (Å²) in [6, 6.07) is 2.85. The van der Waals surface area contributed by atoms with Crippen LogP contribution in [-0.4, -0.2) is 45.9 Å². The molecule has 1 saturated heterocycles. The molecule has 0 aromatic carbocycles. The lowest BCUT2D eigenvalue weighted by Crippen LogP contribution is -2.64. The predicted molar refractivity (Wildman–Crippen MR) is 86.4 cm³/mol. The summed E-state index contributed by atoms with van der Waals surface area (Å²) in [7, 11) is 2.05. The first kappa shape index (κ1) is 15.0. The molecule has 4 heteroatoms. The molecule has 2 fully saturated rings. The highest BCUT2D eigenvalue weighted by Gasteiger charge is 2.39. The Kier molecular flexibility index (Phi) is 4.65. The molecule has 4 nitrogen and oxygen atoms in total. The van der Waals surface area contributed by atoms with Crippen LogP contribution in [0.4, 0.5) is 0 Å². The summed E-state index contributed by atoms with van der Waals surface area (Å²) in [5.41, 5.74) is 1.76. The first-order valence-corrected chi connectivity index (χ1v) is 8.68. The maximum Gasteiger partial charge on any atom is 0.0492 e. The van der Waals surface area contributed by atoms with Gasteiger partial charge in [0.25, 0.3) is 0 Å². The minimum Gasteiger partial charge on any atom is -0.308 e. The first-order valence-electron chi connectivity index (χ1n) is 8.68. The molecule has 3 rings (SSSR count). The first-order chi connectivity index (χ1) is 10.2. The number of aromatic nitrogens is 2.